The number of carbonyl (C=O) groups is 1. The molecular weight excluding hydrogens is 490 g/mol. The monoisotopic (exact) mass is 523 g/mol. The van der Waals surface area contributed by atoms with Crippen LogP contribution in [-0.4, -0.2) is 40.5 Å². The predicted octanol–water partition coefficient (Wildman–Crippen LogP) is 5.20. The van der Waals surface area contributed by atoms with Crippen LogP contribution in [0.1, 0.15) is 48.2 Å². The molecule has 3 aromatic carbocycles. The predicted molar refractivity (Wildman–Crippen MR) is 150 cm³/mol. The number of nitrogens with zero attached hydrogens (tertiary/aromatic N) is 1. The van der Waals surface area contributed by atoms with Gasteiger partial charge in [0, 0.05) is 25.0 Å². The van der Waals surface area contributed by atoms with Crippen LogP contribution >= 0.6 is 0 Å². The Kier molecular flexibility index (Phi) is 7.18. The summed E-state index contributed by atoms with van der Waals surface area (Å²) in [7, 11) is 0. The van der Waals surface area contributed by atoms with E-state index in [0.29, 0.717) is 25.3 Å². The number of aliphatic hydroxyl groups is 1. The SMILES string of the molecule is CCO[C@H]1OC(C(=O)NCc2nc3ccccc3[nH]2)=C[C@@H](c2ccc3c(c2)Cc2ccccc2-3)[C@@H]1CCCO. The Morgan fingerprint density at radius 1 is 1.10 bits per heavy atom. The van der Waals surface area contributed by atoms with Crippen molar-refractivity contribution in [2.24, 2.45) is 5.92 Å². The van der Waals surface area contributed by atoms with Gasteiger partial charge in [-0.25, -0.2) is 4.98 Å². The number of nitrogens with one attached hydrogen (secondary N) is 2. The summed E-state index contributed by atoms with van der Waals surface area (Å²) in [6.45, 7) is 2.73. The first kappa shape index (κ1) is 25.3. The Hall–Kier alpha value is -3.94. The summed E-state index contributed by atoms with van der Waals surface area (Å²) in [5.41, 5.74) is 8.09. The van der Waals surface area contributed by atoms with E-state index in [0.717, 1.165) is 23.0 Å². The summed E-state index contributed by atoms with van der Waals surface area (Å²) in [4.78, 5) is 21.1. The second kappa shape index (κ2) is 11.0. The molecule has 4 aromatic rings. The zero-order valence-electron chi connectivity index (χ0n) is 22.0. The van der Waals surface area contributed by atoms with E-state index in [4.69, 9.17) is 9.47 Å². The highest BCUT2D eigenvalue weighted by Gasteiger charge is 2.38. The van der Waals surface area contributed by atoms with Crippen molar-refractivity contribution in [3.8, 4) is 11.1 Å². The lowest BCUT2D eigenvalue weighted by Gasteiger charge is -2.37. The first-order valence-electron chi connectivity index (χ1n) is 13.7. The second-order valence-corrected chi connectivity index (χ2v) is 10.2. The Bertz CT molecular complexity index is 1490. The molecule has 7 heteroatoms. The van der Waals surface area contributed by atoms with Crippen molar-refractivity contribution in [2.45, 2.75) is 44.9 Å². The molecule has 0 fully saturated rings. The third kappa shape index (κ3) is 5.07. The summed E-state index contributed by atoms with van der Waals surface area (Å²) in [6, 6.07) is 22.9. The number of amides is 1. The number of carbonyl (C=O) groups excluding carboxylic acids is 1. The van der Waals surface area contributed by atoms with E-state index in [-0.39, 0.29) is 36.7 Å². The Morgan fingerprint density at radius 2 is 1.92 bits per heavy atom. The number of ether oxygens (including phenoxy) is 2. The molecule has 1 aliphatic heterocycles. The third-order valence-electron chi connectivity index (χ3n) is 7.69. The Labute approximate surface area is 227 Å². The van der Waals surface area contributed by atoms with Crippen LogP contribution in [0.2, 0.25) is 0 Å². The summed E-state index contributed by atoms with van der Waals surface area (Å²) in [5, 5.41) is 12.6. The molecule has 0 bridgehead atoms. The van der Waals surface area contributed by atoms with Gasteiger partial charge in [0.2, 0.25) is 6.29 Å². The van der Waals surface area contributed by atoms with Crippen molar-refractivity contribution in [3.63, 3.8) is 0 Å². The number of fused-ring (bicyclic) bond motifs is 4. The molecule has 1 amide bonds. The molecule has 0 radical (unpaired) electrons. The van der Waals surface area contributed by atoms with E-state index in [1.807, 2.05) is 37.3 Å². The molecule has 2 heterocycles. The molecule has 0 saturated heterocycles. The molecule has 3 N–H and O–H groups in total. The maximum atomic E-state index is 13.3. The lowest BCUT2D eigenvalue weighted by Crippen LogP contribution is -2.39. The van der Waals surface area contributed by atoms with Gasteiger partial charge in [-0.15, -0.1) is 0 Å². The lowest BCUT2D eigenvalue weighted by molar-refractivity contribution is -0.166. The topological polar surface area (TPSA) is 96.5 Å². The van der Waals surface area contributed by atoms with Gasteiger partial charge in [-0.2, -0.15) is 0 Å². The highest BCUT2D eigenvalue weighted by atomic mass is 16.7. The van der Waals surface area contributed by atoms with Gasteiger partial charge >= 0.3 is 0 Å². The summed E-state index contributed by atoms with van der Waals surface area (Å²) in [5.74, 6) is 0.490. The maximum absolute atomic E-state index is 13.3. The van der Waals surface area contributed by atoms with Gasteiger partial charge in [0.05, 0.1) is 17.6 Å². The van der Waals surface area contributed by atoms with Crippen LogP contribution in [0.5, 0.6) is 0 Å². The molecule has 6 rings (SSSR count). The summed E-state index contributed by atoms with van der Waals surface area (Å²) >= 11 is 0. The molecular formula is C32H33N3O4. The zero-order chi connectivity index (χ0) is 26.8. The van der Waals surface area contributed by atoms with Gasteiger partial charge in [-0.3, -0.25) is 4.79 Å². The minimum Gasteiger partial charge on any atom is -0.459 e. The van der Waals surface area contributed by atoms with Crippen molar-refractivity contribution < 1.29 is 19.4 Å². The fraction of sp³-hybridized carbons (Fsp3) is 0.312. The molecule has 0 spiro atoms. The lowest BCUT2D eigenvalue weighted by atomic mass is 9.80. The minimum atomic E-state index is -0.589. The number of aromatic amines is 1. The summed E-state index contributed by atoms with van der Waals surface area (Å²) in [6.07, 6.45) is 3.58. The van der Waals surface area contributed by atoms with Crippen molar-refractivity contribution in [3.05, 3.63) is 101 Å². The number of imidazole rings is 1. The first-order valence-corrected chi connectivity index (χ1v) is 13.7. The normalized spacial score (nSPS) is 19.7. The molecule has 1 aromatic heterocycles. The van der Waals surface area contributed by atoms with Gasteiger partial charge in [-0.05, 0) is 72.2 Å². The van der Waals surface area contributed by atoms with E-state index in [1.54, 1.807) is 0 Å². The van der Waals surface area contributed by atoms with E-state index < -0.39 is 6.29 Å². The van der Waals surface area contributed by atoms with Crippen molar-refractivity contribution in [1.29, 1.82) is 0 Å². The maximum Gasteiger partial charge on any atom is 0.286 e. The van der Waals surface area contributed by atoms with Crippen molar-refractivity contribution in [1.82, 2.24) is 15.3 Å². The first-order chi connectivity index (χ1) is 19.1. The molecule has 7 nitrogen and oxygen atoms in total. The number of aromatic nitrogens is 2. The van der Waals surface area contributed by atoms with Crippen molar-refractivity contribution >= 4 is 16.9 Å². The van der Waals surface area contributed by atoms with Crippen molar-refractivity contribution in [2.75, 3.05) is 13.2 Å². The number of allylic oxidation sites excluding steroid dienone is 1. The number of H-pyrrole nitrogens is 1. The van der Waals surface area contributed by atoms with Crippen LogP contribution in [0, 0.1) is 5.92 Å². The Balaban J connectivity index is 1.29. The number of aliphatic hydroxyl groups excluding tert-OH is 1. The summed E-state index contributed by atoms with van der Waals surface area (Å²) < 4.78 is 12.2. The van der Waals surface area contributed by atoms with E-state index in [1.165, 1.54) is 22.3 Å². The number of benzene rings is 3. The molecule has 0 saturated carbocycles. The molecule has 200 valence electrons. The van der Waals surface area contributed by atoms with Gasteiger partial charge in [0.1, 0.15) is 5.82 Å². The fourth-order valence-corrected chi connectivity index (χ4v) is 5.86. The molecule has 39 heavy (non-hydrogen) atoms. The van der Waals surface area contributed by atoms with Gasteiger partial charge in [0.25, 0.3) is 5.91 Å². The standard InChI is InChI=1S/C32H33N3O4/c1-2-38-32-25(10-7-15-36)26(21-13-14-24-22(17-21)16-20-8-3-4-9-23(20)24)18-29(39-32)31(37)33-19-30-34-27-11-5-6-12-28(27)35-30/h3-6,8-9,11-14,17-18,25-26,32,36H,2,7,10,15-16,19H2,1H3,(H,33,37)(H,34,35)/t25-,26-,32-/m0/s1. The van der Waals surface area contributed by atoms with Crippen LogP contribution in [0.15, 0.2) is 78.6 Å². The van der Waals surface area contributed by atoms with E-state index in [9.17, 15) is 9.90 Å². The van der Waals surface area contributed by atoms with Gasteiger partial charge in [-0.1, -0.05) is 54.6 Å². The molecule has 2 aliphatic rings. The van der Waals surface area contributed by atoms with Crippen LogP contribution in [0.4, 0.5) is 0 Å². The highest BCUT2D eigenvalue weighted by molar-refractivity contribution is 5.91. The van der Waals surface area contributed by atoms with Crippen LogP contribution in [0.3, 0.4) is 0 Å². The number of rotatable bonds is 9. The largest absolute Gasteiger partial charge is 0.459 e. The Morgan fingerprint density at radius 3 is 2.77 bits per heavy atom. The molecule has 3 atom stereocenters. The van der Waals surface area contributed by atoms with Crippen LogP contribution in [0.25, 0.3) is 22.2 Å². The molecule has 1 aliphatic carbocycles. The van der Waals surface area contributed by atoms with Gasteiger partial charge in [0.15, 0.2) is 5.76 Å². The molecule has 0 unspecified atom stereocenters. The highest BCUT2D eigenvalue weighted by Crippen LogP contribution is 2.43. The van der Waals surface area contributed by atoms with Crippen LogP contribution in [-0.2, 0) is 27.2 Å². The average molecular weight is 524 g/mol. The quantitative estimate of drug-likeness (QED) is 0.247. The van der Waals surface area contributed by atoms with Gasteiger partial charge < -0.3 is 24.9 Å². The van der Waals surface area contributed by atoms with E-state index in [2.05, 4.69) is 57.7 Å². The smallest absolute Gasteiger partial charge is 0.286 e. The fourth-order valence-electron chi connectivity index (χ4n) is 5.86. The minimum absolute atomic E-state index is 0.0362. The number of hydrogen-bond donors (Lipinski definition) is 3. The third-order valence-corrected chi connectivity index (χ3v) is 7.69. The zero-order valence-corrected chi connectivity index (χ0v) is 22.0. The van der Waals surface area contributed by atoms with E-state index >= 15 is 0 Å². The van der Waals surface area contributed by atoms with Crippen LogP contribution < -0.4 is 5.32 Å². The second-order valence-electron chi connectivity index (χ2n) is 10.2. The average Bonchev–Trinajstić information content (AvgIpc) is 3.55. The number of hydrogen-bond acceptors (Lipinski definition) is 5. The number of para-hydroxylation sites is 2.